The Labute approximate surface area is 229 Å². The minimum absolute atomic E-state index is 0.0109. The summed E-state index contributed by atoms with van der Waals surface area (Å²) in [4.78, 5) is 63.5. The monoisotopic (exact) mass is 530 g/mol. The van der Waals surface area contributed by atoms with Gasteiger partial charge in [0.05, 0.1) is 32.7 Å². The average molecular weight is 531 g/mol. The predicted octanol–water partition coefficient (Wildman–Crippen LogP) is 3.44. The molecular weight excluding hydrogens is 504 g/mol. The molecular formula is C32H26N4O4. The van der Waals surface area contributed by atoms with Crippen LogP contribution in [0.5, 0.6) is 0 Å². The lowest BCUT2D eigenvalue weighted by atomic mass is 9.96. The first-order valence-corrected chi connectivity index (χ1v) is 13.1. The lowest BCUT2D eigenvalue weighted by Crippen LogP contribution is -2.29. The van der Waals surface area contributed by atoms with Gasteiger partial charge < -0.3 is 0 Å². The van der Waals surface area contributed by atoms with Crippen molar-refractivity contribution < 1.29 is 0 Å². The highest BCUT2D eigenvalue weighted by atomic mass is 16.2. The summed E-state index contributed by atoms with van der Waals surface area (Å²) in [5.41, 5.74) is -0.851. The van der Waals surface area contributed by atoms with E-state index in [1.807, 2.05) is 13.8 Å². The minimum atomic E-state index is -0.551. The SMILES string of the molecule is CC[C@H](C)n1c(=O)c2c(C#Cc3ccncc3)c3c(=O)n([C@@H](C)CC)c(=O)c3c(C#Cc3ccncc3)c2c1=O. The molecule has 0 aliphatic carbocycles. The van der Waals surface area contributed by atoms with Gasteiger partial charge in [0.2, 0.25) is 0 Å². The molecule has 5 aromatic rings. The molecule has 0 N–H and O–H groups in total. The summed E-state index contributed by atoms with van der Waals surface area (Å²) < 4.78 is 2.35. The molecule has 0 unspecified atom stereocenters. The van der Waals surface area contributed by atoms with Crippen LogP contribution < -0.4 is 22.2 Å². The summed E-state index contributed by atoms with van der Waals surface area (Å²) in [6.07, 6.45) is 7.37. The van der Waals surface area contributed by atoms with E-state index in [0.717, 1.165) is 0 Å². The molecule has 0 saturated carbocycles. The third kappa shape index (κ3) is 4.24. The molecule has 4 heterocycles. The zero-order valence-electron chi connectivity index (χ0n) is 22.6. The van der Waals surface area contributed by atoms with Gasteiger partial charge in [-0.15, -0.1) is 0 Å². The second-order valence-corrected chi connectivity index (χ2v) is 9.70. The van der Waals surface area contributed by atoms with Crippen LogP contribution in [0, 0.1) is 23.7 Å². The zero-order valence-corrected chi connectivity index (χ0v) is 22.6. The van der Waals surface area contributed by atoms with E-state index >= 15 is 0 Å². The molecule has 1 aromatic carbocycles. The molecule has 0 radical (unpaired) electrons. The smallest absolute Gasteiger partial charge is 0.263 e. The topological polar surface area (TPSA) is 104 Å². The number of rotatable bonds is 4. The van der Waals surface area contributed by atoms with Gasteiger partial charge in [0, 0.05) is 48.0 Å². The van der Waals surface area contributed by atoms with Crippen LogP contribution in [0.3, 0.4) is 0 Å². The van der Waals surface area contributed by atoms with Crippen molar-refractivity contribution in [3.8, 4) is 23.7 Å². The Balaban J connectivity index is 2.05. The lowest BCUT2D eigenvalue weighted by Gasteiger charge is -2.07. The van der Waals surface area contributed by atoms with Gasteiger partial charge in [-0.2, -0.15) is 0 Å². The Kier molecular flexibility index (Phi) is 7.02. The Morgan fingerprint density at radius 1 is 0.575 bits per heavy atom. The van der Waals surface area contributed by atoms with Gasteiger partial charge in [0.25, 0.3) is 22.2 Å². The maximum absolute atomic E-state index is 13.9. The molecule has 8 nitrogen and oxygen atoms in total. The van der Waals surface area contributed by atoms with Gasteiger partial charge in [0.1, 0.15) is 0 Å². The fraction of sp³-hybridized carbons (Fsp3) is 0.250. The van der Waals surface area contributed by atoms with Crippen LogP contribution in [0.2, 0.25) is 0 Å². The Morgan fingerprint density at radius 3 is 1.15 bits per heavy atom. The maximum atomic E-state index is 13.9. The van der Waals surface area contributed by atoms with Crippen LogP contribution in [0.25, 0.3) is 21.5 Å². The number of nitrogens with zero attached hydrogens (tertiary/aromatic N) is 4. The molecule has 198 valence electrons. The number of aromatic nitrogens is 4. The molecule has 0 aliphatic heterocycles. The second-order valence-electron chi connectivity index (χ2n) is 9.70. The van der Waals surface area contributed by atoms with Crippen LogP contribution in [0.15, 0.2) is 68.2 Å². The van der Waals surface area contributed by atoms with Crippen LogP contribution in [-0.4, -0.2) is 19.1 Å². The first-order chi connectivity index (χ1) is 19.3. The molecule has 0 aliphatic rings. The van der Waals surface area contributed by atoms with Gasteiger partial charge in [0.15, 0.2) is 0 Å². The first-order valence-electron chi connectivity index (χ1n) is 13.1. The van der Waals surface area contributed by atoms with E-state index in [1.54, 1.807) is 62.9 Å². The van der Waals surface area contributed by atoms with Crippen LogP contribution in [0.4, 0.5) is 0 Å². The summed E-state index contributed by atoms with van der Waals surface area (Å²) in [5.74, 6) is 11.9. The fourth-order valence-corrected chi connectivity index (χ4v) is 4.83. The Morgan fingerprint density at radius 2 is 0.875 bits per heavy atom. The van der Waals surface area contributed by atoms with Gasteiger partial charge in [-0.1, -0.05) is 37.5 Å². The number of benzene rings is 1. The summed E-state index contributed by atoms with van der Waals surface area (Å²) in [7, 11) is 0. The molecule has 0 amide bonds. The number of fused-ring (bicyclic) bond motifs is 2. The highest BCUT2D eigenvalue weighted by Crippen LogP contribution is 2.28. The van der Waals surface area contributed by atoms with Crippen molar-refractivity contribution in [3.05, 3.63) is 113 Å². The highest BCUT2D eigenvalue weighted by Gasteiger charge is 2.29. The highest BCUT2D eigenvalue weighted by molar-refractivity contribution is 6.09. The summed E-state index contributed by atoms with van der Waals surface area (Å²) in [6.45, 7) is 7.31. The molecule has 8 heteroatoms. The molecule has 40 heavy (non-hydrogen) atoms. The van der Waals surface area contributed by atoms with Crippen molar-refractivity contribution >= 4 is 21.5 Å². The lowest BCUT2D eigenvalue weighted by molar-refractivity contribution is 0.510. The Bertz CT molecular complexity index is 1860. The molecule has 0 saturated heterocycles. The first kappa shape index (κ1) is 26.5. The number of hydrogen-bond donors (Lipinski definition) is 0. The van der Waals surface area contributed by atoms with Crippen molar-refractivity contribution in [2.24, 2.45) is 0 Å². The Hall–Kier alpha value is -5.08. The largest absolute Gasteiger partial charge is 0.271 e. The zero-order chi connectivity index (χ0) is 28.6. The van der Waals surface area contributed by atoms with Gasteiger partial charge in [-0.3, -0.25) is 38.3 Å². The standard InChI is InChI=1S/C32H26N4O4/c1-5-19(3)35-29(37)25-23(9-7-21-11-15-33-16-12-21)27-28(32(40)36(31(27)39)20(4)6-2)24(26(25)30(35)38)10-8-22-13-17-34-18-14-22/h11-20H,5-6H2,1-4H3/t19-,20-/m0/s1. The van der Waals surface area contributed by atoms with Crippen molar-refractivity contribution in [2.75, 3.05) is 0 Å². The summed E-state index contributed by atoms with van der Waals surface area (Å²) in [5, 5.41) is 0.0437. The van der Waals surface area contributed by atoms with Crippen molar-refractivity contribution in [2.45, 2.75) is 52.6 Å². The normalized spacial score (nSPS) is 12.5. The average Bonchev–Trinajstić information content (AvgIpc) is 3.39. The second kappa shape index (κ2) is 10.6. The molecule has 0 bridgehead atoms. The van der Waals surface area contributed by atoms with Crippen LogP contribution >= 0.6 is 0 Å². The van der Waals surface area contributed by atoms with Gasteiger partial charge in [-0.05, 0) is 51.0 Å². The third-order valence-electron chi connectivity index (χ3n) is 7.32. The summed E-state index contributed by atoms with van der Waals surface area (Å²) in [6, 6.07) is 5.95. The van der Waals surface area contributed by atoms with E-state index in [4.69, 9.17) is 0 Å². The number of pyridine rings is 2. The van der Waals surface area contributed by atoms with Gasteiger partial charge >= 0.3 is 0 Å². The van der Waals surface area contributed by atoms with E-state index in [0.29, 0.717) is 24.0 Å². The molecule has 0 fully saturated rings. The molecule has 0 spiro atoms. The molecule has 4 aromatic heterocycles. The summed E-state index contributed by atoms with van der Waals surface area (Å²) >= 11 is 0. The van der Waals surface area contributed by atoms with Crippen molar-refractivity contribution in [3.63, 3.8) is 0 Å². The molecule has 5 rings (SSSR count). The van der Waals surface area contributed by atoms with E-state index in [1.165, 1.54) is 9.13 Å². The number of hydrogen-bond acceptors (Lipinski definition) is 6. The predicted molar refractivity (Wildman–Crippen MR) is 155 cm³/mol. The van der Waals surface area contributed by atoms with Crippen molar-refractivity contribution in [1.82, 2.24) is 19.1 Å². The molecule has 2 atom stereocenters. The van der Waals surface area contributed by atoms with Crippen LogP contribution in [-0.2, 0) is 0 Å². The van der Waals surface area contributed by atoms with E-state index in [-0.39, 0.29) is 32.7 Å². The van der Waals surface area contributed by atoms with Gasteiger partial charge in [-0.25, -0.2) is 0 Å². The minimum Gasteiger partial charge on any atom is -0.271 e. The van der Waals surface area contributed by atoms with Crippen molar-refractivity contribution in [1.29, 1.82) is 0 Å². The fourth-order valence-electron chi connectivity index (χ4n) is 4.83. The quantitative estimate of drug-likeness (QED) is 0.330. The van der Waals surface area contributed by atoms with E-state index in [9.17, 15) is 19.2 Å². The van der Waals surface area contributed by atoms with E-state index < -0.39 is 34.3 Å². The van der Waals surface area contributed by atoms with Crippen LogP contribution in [0.1, 0.15) is 74.9 Å². The van der Waals surface area contributed by atoms with E-state index in [2.05, 4.69) is 33.6 Å². The third-order valence-corrected chi connectivity index (χ3v) is 7.32. The maximum Gasteiger partial charge on any atom is 0.263 e.